The van der Waals surface area contributed by atoms with Gasteiger partial charge >= 0.3 is 5.97 Å². The minimum absolute atomic E-state index is 0.00919. The number of aliphatic hydroxyl groups excluding tert-OH is 1. The summed E-state index contributed by atoms with van der Waals surface area (Å²) in [4.78, 5) is 23.6. The summed E-state index contributed by atoms with van der Waals surface area (Å²) in [5.74, 6) is 0.729. The van der Waals surface area contributed by atoms with Crippen molar-refractivity contribution in [2.45, 2.75) is 71.3 Å². The number of carboxylic acids is 1. The van der Waals surface area contributed by atoms with Crippen LogP contribution in [0.2, 0.25) is 0 Å². The lowest BCUT2D eigenvalue weighted by Crippen LogP contribution is -2.53. The zero-order chi connectivity index (χ0) is 16.1. The lowest BCUT2D eigenvalue weighted by atomic mass is 9.49. The van der Waals surface area contributed by atoms with Gasteiger partial charge in [0.25, 0.3) is 0 Å². The maximum absolute atomic E-state index is 12.6. The Morgan fingerprint density at radius 3 is 2.59 bits per heavy atom. The fourth-order valence-corrected chi connectivity index (χ4v) is 5.94. The fraction of sp³-hybridized carbons (Fsp3) is 0.889. The van der Waals surface area contributed by atoms with Crippen LogP contribution in [0.15, 0.2) is 0 Å². The summed E-state index contributed by atoms with van der Waals surface area (Å²) in [5.41, 5.74) is -0.467. The highest BCUT2D eigenvalue weighted by molar-refractivity contribution is 5.86. The van der Waals surface area contributed by atoms with Gasteiger partial charge in [-0.05, 0) is 61.7 Å². The van der Waals surface area contributed by atoms with Crippen LogP contribution in [-0.4, -0.2) is 28.1 Å². The molecule has 3 rings (SSSR count). The Kier molecular flexibility index (Phi) is 3.87. The number of hydrogen-bond acceptors (Lipinski definition) is 3. The van der Waals surface area contributed by atoms with E-state index < -0.39 is 11.4 Å². The van der Waals surface area contributed by atoms with Gasteiger partial charge in [0.15, 0.2) is 0 Å². The van der Waals surface area contributed by atoms with Crippen LogP contribution in [0.3, 0.4) is 0 Å². The van der Waals surface area contributed by atoms with Crippen molar-refractivity contribution in [1.82, 2.24) is 0 Å². The number of aliphatic carboxylic acids is 1. The number of carbonyl (C=O) groups excluding carboxylic acids is 1. The topological polar surface area (TPSA) is 74.6 Å². The van der Waals surface area contributed by atoms with Gasteiger partial charge in [-0.2, -0.15) is 0 Å². The quantitative estimate of drug-likeness (QED) is 0.840. The third-order valence-electron chi connectivity index (χ3n) is 7.41. The van der Waals surface area contributed by atoms with E-state index in [9.17, 15) is 14.7 Å². The Hall–Kier alpha value is -0.900. The van der Waals surface area contributed by atoms with Gasteiger partial charge < -0.3 is 10.2 Å². The zero-order valence-electron chi connectivity index (χ0n) is 13.7. The van der Waals surface area contributed by atoms with Crippen molar-refractivity contribution in [3.05, 3.63) is 0 Å². The molecular formula is C18H28O4. The van der Waals surface area contributed by atoms with E-state index in [1.165, 1.54) is 0 Å². The third kappa shape index (κ3) is 2.22. The van der Waals surface area contributed by atoms with Crippen LogP contribution in [0, 0.1) is 28.6 Å². The Bertz CT molecular complexity index is 487. The molecule has 0 bridgehead atoms. The van der Waals surface area contributed by atoms with E-state index in [0.717, 1.165) is 32.1 Å². The van der Waals surface area contributed by atoms with Gasteiger partial charge in [0, 0.05) is 18.3 Å². The van der Waals surface area contributed by atoms with Crippen LogP contribution in [0.1, 0.15) is 65.2 Å². The van der Waals surface area contributed by atoms with Gasteiger partial charge in [-0.3, -0.25) is 9.59 Å². The number of carboxylic acid groups (broad SMARTS) is 1. The lowest BCUT2D eigenvalue weighted by Gasteiger charge is -2.55. The van der Waals surface area contributed by atoms with E-state index >= 15 is 0 Å². The maximum Gasteiger partial charge on any atom is 0.303 e. The van der Waals surface area contributed by atoms with Crippen LogP contribution in [0.25, 0.3) is 0 Å². The van der Waals surface area contributed by atoms with Crippen molar-refractivity contribution in [3.63, 3.8) is 0 Å². The molecule has 3 unspecified atom stereocenters. The summed E-state index contributed by atoms with van der Waals surface area (Å²) in [6.45, 7) is 4.22. The normalized spacial score (nSPS) is 47.9. The van der Waals surface area contributed by atoms with Crippen LogP contribution < -0.4 is 0 Å². The number of Topliss-reactive ketones (excluding diaryl/α,β-unsaturated/α-hetero) is 1. The fourth-order valence-electron chi connectivity index (χ4n) is 5.94. The number of hydrogen-bond donors (Lipinski definition) is 2. The predicted octanol–water partition coefficient (Wildman–Crippen LogP) is 3.02. The van der Waals surface area contributed by atoms with E-state index in [-0.39, 0.29) is 23.7 Å². The van der Waals surface area contributed by atoms with Gasteiger partial charge in [-0.15, -0.1) is 0 Å². The van der Waals surface area contributed by atoms with Gasteiger partial charge in [-0.1, -0.05) is 13.8 Å². The third-order valence-corrected chi connectivity index (χ3v) is 7.41. The Balaban J connectivity index is 1.86. The molecule has 0 aromatic heterocycles. The number of carbonyl (C=O) groups is 2. The van der Waals surface area contributed by atoms with E-state index in [1.807, 2.05) is 6.92 Å². The summed E-state index contributed by atoms with van der Waals surface area (Å²) in [6.07, 6.45) is 5.71. The first-order valence-corrected chi connectivity index (χ1v) is 8.72. The molecule has 6 atom stereocenters. The first kappa shape index (κ1) is 16.0. The van der Waals surface area contributed by atoms with E-state index in [4.69, 9.17) is 5.11 Å². The summed E-state index contributed by atoms with van der Waals surface area (Å²) >= 11 is 0. The monoisotopic (exact) mass is 308 g/mol. The Morgan fingerprint density at radius 1 is 1.18 bits per heavy atom. The Morgan fingerprint density at radius 2 is 1.91 bits per heavy atom. The smallest absolute Gasteiger partial charge is 0.303 e. The molecule has 3 aliphatic rings. The highest BCUT2D eigenvalue weighted by Gasteiger charge is 2.59. The molecule has 22 heavy (non-hydrogen) atoms. The Labute approximate surface area is 132 Å². The molecular weight excluding hydrogens is 280 g/mol. The molecule has 124 valence electrons. The van der Waals surface area contributed by atoms with Crippen molar-refractivity contribution in [2.24, 2.45) is 28.6 Å². The number of rotatable bonds is 3. The van der Waals surface area contributed by atoms with Crippen LogP contribution in [0.4, 0.5) is 0 Å². The van der Waals surface area contributed by atoms with Gasteiger partial charge in [-0.25, -0.2) is 0 Å². The molecule has 3 saturated carbocycles. The minimum Gasteiger partial charge on any atom is -0.481 e. The lowest BCUT2D eigenvalue weighted by molar-refractivity contribution is -0.149. The van der Waals surface area contributed by atoms with E-state index in [2.05, 4.69) is 6.92 Å². The van der Waals surface area contributed by atoms with Crippen LogP contribution >= 0.6 is 0 Å². The van der Waals surface area contributed by atoms with Crippen molar-refractivity contribution >= 4 is 11.8 Å². The standard InChI is InChI=1S/C18H28O4/c1-17-9-7-13-11(12(17)4-6-15(17)20)3-5-14(19)18(13,2)10-8-16(21)22/h11-13,15,20H,3-10H2,1-2H3,(H,21,22)/t11?,12?,13?,15-,17-,18+/m0/s1. The second-order valence-electron chi connectivity index (χ2n) is 8.29. The second kappa shape index (κ2) is 5.33. The zero-order valence-corrected chi connectivity index (χ0v) is 13.7. The molecule has 4 heteroatoms. The van der Waals surface area contributed by atoms with Crippen molar-refractivity contribution < 1.29 is 19.8 Å². The number of aliphatic hydroxyl groups is 1. The molecule has 0 saturated heterocycles. The molecule has 0 amide bonds. The van der Waals surface area contributed by atoms with E-state index in [1.54, 1.807) is 0 Å². The summed E-state index contributed by atoms with van der Waals surface area (Å²) in [6, 6.07) is 0. The molecule has 3 fully saturated rings. The van der Waals surface area contributed by atoms with Gasteiger partial charge in [0.05, 0.1) is 6.10 Å². The molecule has 0 heterocycles. The second-order valence-corrected chi connectivity index (χ2v) is 8.29. The summed E-state index contributed by atoms with van der Waals surface area (Å²) in [7, 11) is 0. The molecule has 0 radical (unpaired) electrons. The molecule has 4 nitrogen and oxygen atoms in total. The van der Waals surface area contributed by atoms with Gasteiger partial charge in [0.1, 0.15) is 5.78 Å². The largest absolute Gasteiger partial charge is 0.481 e. The maximum atomic E-state index is 12.6. The molecule has 0 spiro atoms. The predicted molar refractivity (Wildman–Crippen MR) is 82.3 cm³/mol. The minimum atomic E-state index is -0.812. The molecule has 3 aliphatic carbocycles. The average molecular weight is 308 g/mol. The SMILES string of the molecule is C[C@]1(CCC(=O)O)C(=O)CCC2C1CC[C@@]1(C)C2CC[C@@H]1O. The first-order valence-electron chi connectivity index (χ1n) is 8.72. The van der Waals surface area contributed by atoms with Crippen molar-refractivity contribution in [3.8, 4) is 0 Å². The van der Waals surface area contributed by atoms with Gasteiger partial charge in [0.2, 0.25) is 0 Å². The van der Waals surface area contributed by atoms with Crippen molar-refractivity contribution in [1.29, 1.82) is 0 Å². The van der Waals surface area contributed by atoms with Crippen LogP contribution in [0.5, 0.6) is 0 Å². The molecule has 2 N–H and O–H groups in total. The highest BCUT2D eigenvalue weighted by atomic mass is 16.4. The van der Waals surface area contributed by atoms with Crippen molar-refractivity contribution in [2.75, 3.05) is 0 Å². The summed E-state index contributed by atoms with van der Waals surface area (Å²) < 4.78 is 0. The molecule has 0 aromatic carbocycles. The number of ketones is 1. The van der Waals surface area contributed by atoms with E-state index in [0.29, 0.717) is 30.6 Å². The number of fused-ring (bicyclic) bond motifs is 3. The summed E-state index contributed by atoms with van der Waals surface area (Å²) in [5, 5.41) is 19.4. The molecule has 0 aromatic rings. The average Bonchev–Trinajstić information content (AvgIpc) is 2.77. The van der Waals surface area contributed by atoms with Crippen LogP contribution in [-0.2, 0) is 9.59 Å². The highest BCUT2D eigenvalue weighted by Crippen LogP contribution is 2.62. The molecule has 0 aliphatic heterocycles. The first-order chi connectivity index (χ1) is 10.3.